The van der Waals surface area contributed by atoms with Crippen LogP contribution in [0.15, 0.2) is 23.7 Å². The number of likely N-dealkylation sites (N-methyl/N-ethyl adjacent to an activating group) is 1. The van der Waals surface area contributed by atoms with E-state index in [4.69, 9.17) is 10.5 Å². The Morgan fingerprint density at radius 1 is 1.39 bits per heavy atom. The standard InChI is InChI=1S/C16H28N6O/c1-11(2)21-6-8-22(9-7-21)16-19-14(13(18)10-17)15(20(16)4)12(3)23-5/h11,13,16,19H,3,6-9,18H2,1-2,4-5H3. The van der Waals surface area contributed by atoms with Crippen LogP contribution in [0.3, 0.4) is 0 Å². The Bertz CT molecular complexity index is 515. The van der Waals surface area contributed by atoms with Crippen LogP contribution in [-0.4, -0.2) is 73.4 Å². The van der Waals surface area contributed by atoms with E-state index in [0.29, 0.717) is 17.5 Å². The topological polar surface area (TPSA) is 80.8 Å². The Hall–Kier alpha value is -1.75. The first-order chi connectivity index (χ1) is 10.9. The van der Waals surface area contributed by atoms with Crippen molar-refractivity contribution >= 4 is 0 Å². The van der Waals surface area contributed by atoms with Gasteiger partial charge in [0.15, 0.2) is 6.29 Å². The molecule has 0 aromatic rings. The number of piperazine rings is 1. The molecule has 1 fully saturated rings. The highest BCUT2D eigenvalue weighted by Gasteiger charge is 2.37. The van der Waals surface area contributed by atoms with Crippen LogP contribution >= 0.6 is 0 Å². The van der Waals surface area contributed by atoms with Gasteiger partial charge in [0.1, 0.15) is 17.5 Å². The van der Waals surface area contributed by atoms with Crippen molar-refractivity contribution in [3.8, 4) is 6.07 Å². The van der Waals surface area contributed by atoms with Gasteiger partial charge in [0.25, 0.3) is 0 Å². The van der Waals surface area contributed by atoms with Crippen molar-refractivity contribution in [2.24, 2.45) is 5.73 Å². The number of nitriles is 1. The number of methoxy groups -OCH3 is 1. The van der Waals surface area contributed by atoms with E-state index >= 15 is 0 Å². The van der Waals surface area contributed by atoms with E-state index in [1.165, 1.54) is 0 Å². The Kier molecular flexibility index (Phi) is 5.52. The van der Waals surface area contributed by atoms with Gasteiger partial charge in [0, 0.05) is 39.3 Å². The van der Waals surface area contributed by atoms with Gasteiger partial charge in [0.05, 0.1) is 18.9 Å². The van der Waals surface area contributed by atoms with E-state index in [-0.39, 0.29) is 6.29 Å². The van der Waals surface area contributed by atoms with Gasteiger partial charge >= 0.3 is 0 Å². The molecule has 0 radical (unpaired) electrons. The zero-order valence-corrected chi connectivity index (χ0v) is 14.5. The summed E-state index contributed by atoms with van der Waals surface area (Å²) in [5.74, 6) is 0.518. The maximum atomic E-state index is 9.19. The molecule has 23 heavy (non-hydrogen) atoms. The fourth-order valence-corrected chi connectivity index (χ4v) is 3.20. The van der Waals surface area contributed by atoms with Gasteiger partial charge in [-0.3, -0.25) is 9.80 Å². The zero-order valence-electron chi connectivity index (χ0n) is 14.5. The number of nitrogens with zero attached hydrogens (tertiary/aromatic N) is 4. The lowest BCUT2D eigenvalue weighted by atomic mass is 10.2. The first kappa shape index (κ1) is 17.6. The van der Waals surface area contributed by atoms with Crippen LogP contribution in [0.5, 0.6) is 0 Å². The van der Waals surface area contributed by atoms with Crippen LogP contribution < -0.4 is 11.1 Å². The fourth-order valence-electron chi connectivity index (χ4n) is 3.20. The van der Waals surface area contributed by atoms with Gasteiger partial charge in [0.2, 0.25) is 0 Å². The van der Waals surface area contributed by atoms with Gasteiger partial charge in [-0.05, 0) is 13.8 Å². The summed E-state index contributed by atoms with van der Waals surface area (Å²) < 4.78 is 5.29. The molecule has 0 aliphatic carbocycles. The third-order valence-corrected chi connectivity index (χ3v) is 4.64. The molecule has 2 atom stereocenters. The number of nitrogens with one attached hydrogen (secondary N) is 1. The lowest BCUT2D eigenvalue weighted by molar-refractivity contribution is 0.0227. The predicted molar refractivity (Wildman–Crippen MR) is 89.7 cm³/mol. The van der Waals surface area contributed by atoms with Crippen molar-refractivity contribution < 1.29 is 4.74 Å². The van der Waals surface area contributed by atoms with E-state index in [1.807, 2.05) is 7.05 Å². The molecule has 0 aromatic heterocycles. The Balaban J connectivity index is 2.13. The van der Waals surface area contributed by atoms with Crippen molar-refractivity contribution in [3.63, 3.8) is 0 Å². The molecule has 0 spiro atoms. The SMILES string of the molecule is C=C(OC)C1=C(C(N)C#N)NC(N2CCN(C(C)C)CC2)N1C. The van der Waals surface area contributed by atoms with Crippen molar-refractivity contribution in [2.45, 2.75) is 32.2 Å². The number of ether oxygens (including phenoxy) is 1. The maximum absolute atomic E-state index is 9.19. The maximum Gasteiger partial charge on any atom is 0.157 e. The Morgan fingerprint density at radius 2 is 2.00 bits per heavy atom. The number of hydrogen-bond donors (Lipinski definition) is 2. The van der Waals surface area contributed by atoms with Crippen LogP contribution in [0.25, 0.3) is 0 Å². The Labute approximate surface area is 138 Å². The molecule has 0 saturated carbocycles. The smallest absolute Gasteiger partial charge is 0.157 e. The summed E-state index contributed by atoms with van der Waals surface area (Å²) >= 11 is 0. The summed E-state index contributed by atoms with van der Waals surface area (Å²) in [4.78, 5) is 6.89. The Morgan fingerprint density at radius 3 is 2.48 bits per heavy atom. The van der Waals surface area contributed by atoms with Gasteiger partial charge in [-0.25, -0.2) is 0 Å². The fraction of sp³-hybridized carbons (Fsp3) is 0.688. The minimum Gasteiger partial charge on any atom is -0.495 e. The van der Waals surface area contributed by atoms with Gasteiger partial charge in [-0.15, -0.1) is 0 Å². The third-order valence-electron chi connectivity index (χ3n) is 4.64. The average Bonchev–Trinajstić information content (AvgIpc) is 2.90. The molecule has 3 N–H and O–H groups in total. The number of hydrogen-bond acceptors (Lipinski definition) is 7. The second kappa shape index (κ2) is 7.21. The second-order valence-corrected chi connectivity index (χ2v) is 6.29. The highest BCUT2D eigenvalue weighted by atomic mass is 16.5. The van der Waals surface area contributed by atoms with E-state index in [1.54, 1.807) is 7.11 Å². The highest BCUT2D eigenvalue weighted by molar-refractivity contribution is 5.37. The molecule has 128 valence electrons. The van der Waals surface area contributed by atoms with Crippen LogP contribution in [-0.2, 0) is 4.74 Å². The molecule has 2 rings (SSSR count). The van der Waals surface area contributed by atoms with Crippen LogP contribution in [0, 0.1) is 11.3 Å². The first-order valence-electron chi connectivity index (χ1n) is 8.00. The summed E-state index contributed by atoms with van der Waals surface area (Å²) in [5, 5.41) is 12.6. The molecule has 2 aliphatic heterocycles. The number of rotatable bonds is 5. The van der Waals surface area contributed by atoms with Gasteiger partial charge in [-0.2, -0.15) is 5.26 Å². The molecular formula is C16H28N6O. The molecule has 2 unspecified atom stereocenters. The van der Waals surface area contributed by atoms with E-state index in [0.717, 1.165) is 31.9 Å². The minimum absolute atomic E-state index is 0.0272. The molecule has 0 amide bonds. The lowest BCUT2D eigenvalue weighted by Crippen LogP contribution is -2.58. The molecular weight excluding hydrogens is 292 g/mol. The predicted octanol–water partition coefficient (Wildman–Crippen LogP) is 0.0536. The lowest BCUT2D eigenvalue weighted by Gasteiger charge is -2.42. The quantitative estimate of drug-likeness (QED) is 0.693. The molecule has 2 heterocycles. The first-order valence-corrected chi connectivity index (χ1v) is 8.00. The second-order valence-electron chi connectivity index (χ2n) is 6.29. The van der Waals surface area contributed by atoms with Crippen molar-refractivity contribution in [1.29, 1.82) is 5.26 Å². The molecule has 7 heteroatoms. The van der Waals surface area contributed by atoms with Crippen molar-refractivity contribution in [2.75, 3.05) is 40.3 Å². The minimum atomic E-state index is -0.721. The van der Waals surface area contributed by atoms with Crippen LogP contribution in [0.4, 0.5) is 0 Å². The van der Waals surface area contributed by atoms with Crippen molar-refractivity contribution in [3.05, 3.63) is 23.7 Å². The molecule has 1 saturated heterocycles. The summed E-state index contributed by atoms with van der Waals surface area (Å²) in [6.07, 6.45) is -0.0272. The van der Waals surface area contributed by atoms with Gasteiger partial charge < -0.3 is 20.7 Å². The zero-order chi connectivity index (χ0) is 17.1. The summed E-state index contributed by atoms with van der Waals surface area (Å²) in [7, 11) is 3.55. The highest BCUT2D eigenvalue weighted by Crippen LogP contribution is 2.28. The third kappa shape index (κ3) is 3.44. The normalized spacial score (nSPS) is 24.6. The molecule has 7 nitrogen and oxygen atoms in total. The molecule has 0 bridgehead atoms. The molecule has 2 aliphatic rings. The largest absolute Gasteiger partial charge is 0.495 e. The average molecular weight is 320 g/mol. The van der Waals surface area contributed by atoms with E-state index < -0.39 is 6.04 Å². The van der Waals surface area contributed by atoms with Gasteiger partial charge in [-0.1, -0.05) is 6.58 Å². The molecule has 0 aromatic carbocycles. The number of nitrogens with two attached hydrogens (primary N) is 1. The summed E-state index contributed by atoms with van der Waals surface area (Å²) in [6, 6.07) is 1.93. The van der Waals surface area contributed by atoms with E-state index in [9.17, 15) is 5.26 Å². The van der Waals surface area contributed by atoms with E-state index in [2.05, 4.69) is 46.5 Å². The van der Waals surface area contributed by atoms with Crippen LogP contribution in [0.2, 0.25) is 0 Å². The van der Waals surface area contributed by atoms with Crippen LogP contribution in [0.1, 0.15) is 13.8 Å². The summed E-state index contributed by atoms with van der Waals surface area (Å²) in [5.41, 5.74) is 7.40. The summed E-state index contributed by atoms with van der Waals surface area (Å²) in [6.45, 7) is 12.4. The van der Waals surface area contributed by atoms with Crippen molar-refractivity contribution in [1.82, 2.24) is 20.0 Å². The monoisotopic (exact) mass is 320 g/mol.